The van der Waals surface area contributed by atoms with Gasteiger partial charge in [-0.25, -0.2) is 0 Å². The highest BCUT2D eigenvalue weighted by atomic mass is 16.1. The normalized spacial score (nSPS) is 23.2. The molecule has 0 amide bonds. The van der Waals surface area contributed by atoms with E-state index in [0.717, 1.165) is 18.4 Å². The molecule has 0 bridgehead atoms. The molecule has 0 saturated carbocycles. The summed E-state index contributed by atoms with van der Waals surface area (Å²) < 4.78 is 0. The fraction of sp³-hybridized carbons (Fsp3) is 0.615. The molecule has 1 heteroatoms. The Morgan fingerprint density at radius 2 is 2.14 bits per heavy atom. The lowest BCUT2D eigenvalue weighted by atomic mass is 9.90. The zero-order valence-corrected chi connectivity index (χ0v) is 9.63. The van der Waals surface area contributed by atoms with Gasteiger partial charge in [0, 0.05) is 6.42 Å². The number of Topliss-reactive ketones (excluding diaryl/α,β-unsaturated/α-hetero) is 1. The third kappa shape index (κ3) is 2.14. The Labute approximate surface area is 86.9 Å². The molecule has 0 aromatic rings. The standard InChI is InChI=1S/C13H20O/c1-5-6-7-11-10(4)12(9(2)3)8-13(11)14/h5-6,9,12H,7-8H2,1-4H3/b6-5-/t12-/m1/s1. The number of rotatable bonds is 3. The van der Waals surface area contributed by atoms with Gasteiger partial charge in [0.1, 0.15) is 0 Å². The van der Waals surface area contributed by atoms with Crippen LogP contribution in [0, 0.1) is 11.8 Å². The van der Waals surface area contributed by atoms with Crippen molar-refractivity contribution in [2.75, 3.05) is 0 Å². The Hall–Kier alpha value is -0.850. The fourth-order valence-electron chi connectivity index (χ4n) is 2.17. The molecule has 0 aromatic carbocycles. The quantitative estimate of drug-likeness (QED) is 0.625. The number of hydrogen-bond acceptors (Lipinski definition) is 1. The fourth-order valence-corrected chi connectivity index (χ4v) is 2.17. The summed E-state index contributed by atoms with van der Waals surface area (Å²) in [5.41, 5.74) is 2.38. The predicted octanol–water partition coefficient (Wildman–Crippen LogP) is 3.51. The zero-order valence-electron chi connectivity index (χ0n) is 9.63. The zero-order chi connectivity index (χ0) is 10.7. The summed E-state index contributed by atoms with van der Waals surface area (Å²) in [5.74, 6) is 1.43. The second-order valence-electron chi connectivity index (χ2n) is 4.41. The molecule has 0 aliphatic heterocycles. The highest BCUT2D eigenvalue weighted by molar-refractivity contribution is 5.99. The van der Waals surface area contributed by atoms with E-state index in [1.165, 1.54) is 5.57 Å². The maximum atomic E-state index is 11.7. The average molecular weight is 192 g/mol. The first-order chi connectivity index (χ1) is 6.57. The average Bonchev–Trinajstić information content (AvgIpc) is 2.40. The molecule has 0 heterocycles. The Morgan fingerprint density at radius 3 is 2.57 bits per heavy atom. The molecule has 0 radical (unpaired) electrons. The summed E-state index contributed by atoms with van der Waals surface area (Å²) in [6.45, 7) is 8.50. The number of carbonyl (C=O) groups is 1. The first-order valence-corrected chi connectivity index (χ1v) is 5.42. The first kappa shape index (κ1) is 11.2. The van der Waals surface area contributed by atoms with Gasteiger partial charge < -0.3 is 0 Å². The number of ketones is 1. The lowest BCUT2D eigenvalue weighted by molar-refractivity contribution is -0.115. The lowest BCUT2D eigenvalue weighted by Gasteiger charge is -2.14. The van der Waals surface area contributed by atoms with Crippen molar-refractivity contribution < 1.29 is 4.79 Å². The summed E-state index contributed by atoms with van der Waals surface area (Å²) in [4.78, 5) is 11.7. The van der Waals surface area contributed by atoms with E-state index in [2.05, 4.69) is 26.8 Å². The highest BCUT2D eigenvalue weighted by Crippen LogP contribution is 2.35. The van der Waals surface area contributed by atoms with Gasteiger partial charge >= 0.3 is 0 Å². The van der Waals surface area contributed by atoms with Gasteiger partial charge in [-0.15, -0.1) is 0 Å². The first-order valence-electron chi connectivity index (χ1n) is 5.42. The Balaban J connectivity index is 2.84. The van der Waals surface area contributed by atoms with E-state index in [1.807, 2.05) is 13.0 Å². The van der Waals surface area contributed by atoms with Crippen molar-refractivity contribution in [2.24, 2.45) is 11.8 Å². The summed E-state index contributed by atoms with van der Waals surface area (Å²) >= 11 is 0. The molecule has 0 N–H and O–H groups in total. The van der Waals surface area contributed by atoms with Crippen LogP contribution in [0.4, 0.5) is 0 Å². The molecule has 0 aromatic heterocycles. The number of hydrogen-bond donors (Lipinski definition) is 0. The van der Waals surface area contributed by atoms with Crippen LogP contribution in [-0.2, 0) is 4.79 Å². The summed E-state index contributed by atoms with van der Waals surface area (Å²) in [5, 5.41) is 0. The van der Waals surface area contributed by atoms with Crippen LogP contribution in [0.3, 0.4) is 0 Å². The smallest absolute Gasteiger partial charge is 0.159 e. The minimum Gasteiger partial charge on any atom is -0.295 e. The van der Waals surface area contributed by atoms with Crippen LogP contribution in [0.2, 0.25) is 0 Å². The summed E-state index contributed by atoms with van der Waals surface area (Å²) in [7, 11) is 0. The van der Waals surface area contributed by atoms with Crippen molar-refractivity contribution >= 4 is 5.78 Å². The summed E-state index contributed by atoms with van der Waals surface area (Å²) in [6.07, 6.45) is 5.64. The molecule has 1 nitrogen and oxygen atoms in total. The predicted molar refractivity (Wildman–Crippen MR) is 60.1 cm³/mol. The van der Waals surface area contributed by atoms with Gasteiger partial charge in [0.05, 0.1) is 0 Å². The van der Waals surface area contributed by atoms with Gasteiger partial charge in [-0.3, -0.25) is 4.79 Å². The molecule has 0 spiro atoms. The van der Waals surface area contributed by atoms with Gasteiger partial charge in [-0.2, -0.15) is 0 Å². The molecule has 0 unspecified atom stereocenters. The lowest BCUT2D eigenvalue weighted by Crippen LogP contribution is -2.07. The minimum atomic E-state index is 0.360. The topological polar surface area (TPSA) is 17.1 Å². The molecular formula is C13H20O. The maximum absolute atomic E-state index is 11.7. The van der Waals surface area contributed by atoms with Crippen LogP contribution in [0.15, 0.2) is 23.3 Å². The number of carbonyl (C=O) groups excluding carboxylic acids is 1. The Bertz CT molecular complexity index is 282. The van der Waals surface area contributed by atoms with Gasteiger partial charge in [-0.05, 0) is 37.7 Å². The SMILES string of the molecule is C/C=C\CC1=C(C)[C@@H](C(C)C)CC1=O. The molecule has 1 atom stereocenters. The van der Waals surface area contributed by atoms with Gasteiger partial charge in [0.25, 0.3) is 0 Å². The van der Waals surface area contributed by atoms with Crippen LogP contribution < -0.4 is 0 Å². The summed E-state index contributed by atoms with van der Waals surface area (Å²) in [6, 6.07) is 0. The van der Waals surface area contributed by atoms with Crippen LogP contribution in [0.25, 0.3) is 0 Å². The van der Waals surface area contributed by atoms with Crippen LogP contribution in [0.5, 0.6) is 0 Å². The van der Waals surface area contributed by atoms with Crippen molar-refractivity contribution in [3.63, 3.8) is 0 Å². The molecule has 0 fully saturated rings. The van der Waals surface area contributed by atoms with E-state index in [0.29, 0.717) is 17.6 Å². The van der Waals surface area contributed by atoms with Gasteiger partial charge in [0.15, 0.2) is 5.78 Å². The molecule has 1 aliphatic carbocycles. The van der Waals surface area contributed by atoms with Gasteiger partial charge in [-0.1, -0.05) is 31.6 Å². The highest BCUT2D eigenvalue weighted by Gasteiger charge is 2.30. The van der Waals surface area contributed by atoms with Crippen molar-refractivity contribution in [2.45, 2.75) is 40.5 Å². The second kappa shape index (κ2) is 4.59. The van der Waals surface area contributed by atoms with E-state index < -0.39 is 0 Å². The number of allylic oxidation sites excluding steroid dienone is 4. The van der Waals surface area contributed by atoms with E-state index in [4.69, 9.17) is 0 Å². The second-order valence-corrected chi connectivity index (χ2v) is 4.41. The molecule has 14 heavy (non-hydrogen) atoms. The van der Waals surface area contributed by atoms with Crippen molar-refractivity contribution in [1.29, 1.82) is 0 Å². The third-order valence-corrected chi connectivity index (χ3v) is 3.14. The molecule has 0 saturated heterocycles. The van der Waals surface area contributed by atoms with Crippen molar-refractivity contribution in [3.8, 4) is 0 Å². The minimum absolute atomic E-state index is 0.360. The van der Waals surface area contributed by atoms with Crippen LogP contribution in [-0.4, -0.2) is 5.78 Å². The molecule has 1 rings (SSSR count). The van der Waals surface area contributed by atoms with Crippen molar-refractivity contribution in [3.05, 3.63) is 23.3 Å². The molecular weight excluding hydrogens is 172 g/mol. The van der Waals surface area contributed by atoms with Crippen LogP contribution in [0.1, 0.15) is 40.5 Å². The molecule has 78 valence electrons. The van der Waals surface area contributed by atoms with E-state index >= 15 is 0 Å². The monoisotopic (exact) mass is 192 g/mol. The van der Waals surface area contributed by atoms with Crippen molar-refractivity contribution in [1.82, 2.24) is 0 Å². The Kier molecular flexibility index (Phi) is 3.68. The molecule has 1 aliphatic rings. The van der Waals surface area contributed by atoms with Gasteiger partial charge in [0.2, 0.25) is 0 Å². The van der Waals surface area contributed by atoms with E-state index in [-0.39, 0.29) is 0 Å². The van der Waals surface area contributed by atoms with E-state index in [9.17, 15) is 4.79 Å². The van der Waals surface area contributed by atoms with Crippen LogP contribution >= 0.6 is 0 Å². The van der Waals surface area contributed by atoms with E-state index in [1.54, 1.807) is 0 Å². The third-order valence-electron chi connectivity index (χ3n) is 3.14. The largest absolute Gasteiger partial charge is 0.295 e. The Morgan fingerprint density at radius 1 is 1.50 bits per heavy atom. The maximum Gasteiger partial charge on any atom is 0.159 e.